The molecule has 2 aliphatic rings. The summed E-state index contributed by atoms with van der Waals surface area (Å²) in [6, 6.07) is 144. The van der Waals surface area contributed by atoms with Crippen molar-refractivity contribution in [3.05, 3.63) is 432 Å². The van der Waals surface area contributed by atoms with Crippen molar-refractivity contribution in [1.29, 1.82) is 0 Å². The van der Waals surface area contributed by atoms with E-state index in [2.05, 4.69) is 413 Å². The Morgan fingerprint density at radius 1 is 0.216 bits per heavy atom. The standard InChI is InChI=1S/C100H72N2/c1-98(2,3)73-49-53-79(54-50-73)102(81-52-46-68-28-20-22-30-70(68)62-81)83-56-60-89-91(66-83)97(72-48-58-87-85-42-24-26-44-93(85)100(95(87)64-72,76-35-13-6-14-36-76)77-37-15-7-16-38-77)88-59-55-82(101(78-39-17-8-18-40-78)80-51-45-67-27-19-21-29-69(67)61-80)65-90(88)96(89)71-47-57-86-84-41-23-25-43-92(84)99(94(86)63-71,74-31-9-4-10-32-74)75-33-11-5-12-34-75/h4-66H,1-3H3. The van der Waals surface area contributed by atoms with E-state index in [0.717, 1.165) is 66.8 Å². The molecule has 0 saturated heterocycles. The largest absolute Gasteiger partial charge is 0.310 e. The van der Waals surface area contributed by atoms with E-state index in [1.807, 2.05) is 0 Å². The highest BCUT2D eigenvalue weighted by atomic mass is 15.1. The molecule has 482 valence electrons. The quantitative estimate of drug-likeness (QED) is 0.113. The van der Waals surface area contributed by atoms with Gasteiger partial charge in [-0.05, 0) is 228 Å². The number of hydrogen-bond donors (Lipinski definition) is 0. The lowest BCUT2D eigenvalue weighted by Gasteiger charge is -2.34. The summed E-state index contributed by atoms with van der Waals surface area (Å²) in [4.78, 5) is 4.93. The van der Waals surface area contributed by atoms with Crippen LogP contribution in [0.4, 0.5) is 34.1 Å². The molecular formula is C100H72N2. The van der Waals surface area contributed by atoms with Crippen LogP contribution in [0.25, 0.3) is 87.6 Å². The Bertz CT molecular complexity index is 6010. The number of rotatable bonds is 12. The van der Waals surface area contributed by atoms with Crippen LogP contribution in [0.1, 0.15) is 70.8 Å². The highest BCUT2D eigenvalue weighted by Gasteiger charge is 2.48. The minimum atomic E-state index is -0.636. The Balaban J connectivity index is 0.959. The van der Waals surface area contributed by atoms with Gasteiger partial charge in [0.2, 0.25) is 0 Å². The second-order valence-corrected chi connectivity index (χ2v) is 28.7. The van der Waals surface area contributed by atoms with Crippen LogP contribution in [0, 0.1) is 0 Å². The van der Waals surface area contributed by atoms with Crippen molar-refractivity contribution >= 4 is 77.2 Å². The molecule has 0 radical (unpaired) electrons. The topological polar surface area (TPSA) is 6.48 Å². The lowest BCUT2D eigenvalue weighted by atomic mass is 9.67. The molecule has 0 spiro atoms. The predicted molar refractivity (Wildman–Crippen MR) is 430 cm³/mol. The second kappa shape index (κ2) is 24.1. The van der Waals surface area contributed by atoms with Crippen LogP contribution < -0.4 is 9.80 Å². The molecule has 0 atom stereocenters. The van der Waals surface area contributed by atoms with Crippen molar-refractivity contribution in [3.63, 3.8) is 0 Å². The number of hydrogen-bond acceptors (Lipinski definition) is 2. The third-order valence-corrected chi connectivity index (χ3v) is 22.1. The van der Waals surface area contributed by atoms with Crippen molar-refractivity contribution in [2.45, 2.75) is 37.0 Å². The Morgan fingerprint density at radius 3 is 0.931 bits per heavy atom. The molecule has 0 unspecified atom stereocenters. The van der Waals surface area contributed by atoms with Crippen LogP contribution >= 0.6 is 0 Å². The molecule has 2 aliphatic carbocycles. The van der Waals surface area contributed by atoms with Gasteiger partial charge in [0.05, 0.1) is 10.8 Å². The number of benzene rings is 17. The van der Waals surface area contributed by atoms with Gasteiger partial charge in [-0.3, -0.25) is 0 Å². The maximum atomic E-state index is 2.57. The van der Waals surface area contributed by atoms with E-state index in [1.165, 1.54) is 105 Å². The highest BCUT2D eigenvalue weighted by molar-refractivity contribution is 6.23. The van der Waals surface area contributed by atoms with Crippen LogP contribution in [0.2, 0.25) is 0 Å². The number of nitrogens with zero attached hydrogens (tertiary/aromatic N) is 2. The maximum Gasteiger partial charge on any atom is 0.0713 e. The molecule has 17 aromatic carbocycles. The first kappa shape index (κ1) is 60.5. The van der Waals surface area contributed by atoms with Crippen LogP contribution in [0.3, 0.4) is 0 Å². The van der Waals surface area contributed by atoms with Crippen LogP contribution in [-0.4, -0.2) is 0 Å². The molecule has 2 heteroatoms. The number of fused-ring (bicyclic) bond motifs is 10. The molecule has 0 fully saturated rings. The molecule has 0 N–H and O–H groups in total. The fraction of sp³-hybridized carbons (Fsp3) is 0.0600. The zero-order chi connectivity index (χ0) is 68.1. The Kier molecular flexibility index (Phi) is 14.3. The first-order valence-corrected chi connectivity index (χ1v) is 35.7. The van der Waals surface area contributed by atoms with Gasteiger partial charge in [0.25, 0.3) is 0 Å². The van der Waals surface area contributed by atoms with Gasteiger partial charge in [0, 0.05) is 34.1 Å². The van der Waals surface area contributed by atoms with Crippen molar-refractivity contribution in [2.75, 3.05) is 9.80 Å². The van der Waals surface area contributed by atoms with Gasteiger partial charge in [-0.2, -0.15) is 0 Å². The smallest absolute Gasteiger partial charge is 0.0713 e. The summed E-state index contributed by atoms with van der Waals surface area (Å²) in [6.45, 7) is 6.89. The molecule has 0 bridgehead atoms. The minimum Gasteiger partial charge on any atom is -0.310 e. The van der Waals surface area contributed by atoms with Gasteiger partial charge in [0.15, 0.2) is 0 Å². The van der Waals surface area contributed by atoms with Crippen molar-refractivity contribution in [3.8, 4) is 44.5 Å². The lowest BCUT2D eigenvalue weighted by molar-refractivity contribution is 0.590. The third kappa shape index (κ3) is 9.54. The maximum absolute atomic E-state index is 2.57. The summed E-state index contributed by atoms with van der Waals surface area (Å²) in [5.74, 6) is 0. The summed E-state index contributed by atoms with van der Waals surface area (Å²) in [7, 11) is 0. The van der Waals surface area contributed by atoms with E-state index in [-0.39, 0.29) is 5.41 Å². The third-order valence-electron chi connectivity index (χ3n) is 22.1. The van der Waals surface area contributed by atoms with Crippen molar-refractivity contribution in [2.24, 2.45) is 0 Å². The fourth-order valence-electron chi connectivity index (χ4n) is 17.5. The molecule has 0 aliphatic heterocycles. The fourth-order valence-corrected chi connectivity index (χ4v) is 17.5. The molecule has 0 aromatic heterocycles. The van der Waals surface area contributed by atoms with E-state index in [0.29, 0.717) is 0 Å². The van der Waals surface area contributed by atoms with Gasteiger partial charge < -0.3 is 9.80 Å². The minimum absolute atomic E-state index is 0.0346. The lowest BCUT2D eigenvalue weighted by Crippen LogP contribution is -2.28. The average Bonchev–Trinajstić information content (AvgIpc) is 1.46. The second-order valence-electron chi connectivity index (χ2n) is 28.7. The zero-order valence-corrected chi connectivity index (χ0v) is 57.3. The summed E-state index contributed by atoms with van der Waals surface area (Å²) in [6.07, 6.45) is 0. The van der Waals surface area contributed by atoms with E-state index in [9.17, 15) is 0 Å². The molecule has 0 heterocycles. The molecular weight excluding hydrogens is 1230 g/mol. The first-order valence-electron chi connectivity index (χ1n) is 35.7. The number of anilines is 6. The number of para-hydroxylation sites is 1. The van der Waals surface area contributed by atoms with Gasteiger partial charge in [-0.25, -0.2) is 0 Å². The Labute approximate surface area is 597 Å². The Morgan fingerprint density at radius 2 is 0.529 bits per heavy atom. The van der Waals surface area contributed by atoms with E-state index in [1.54, 1.807) is 0 Å². The van der Waals surface area contributed by atoms with Crippen LogP contribution in [0.15, 0.2) is 382 Å². The molecule has 19 rings (SSSR count). The molecule has 102 heavy (non-hydrogen) atoms. The summed E-state index contributed by atoms with van der Waals surface area (Å²) < 4.78 is 0. The van der Waals surface area contributed by atoms with Gasteiger partial charge in [0.1, 0.15) is 0 Å². The first-order chi connectivity index (χ1) is 50.2. The van der Waals surface area contributed by atoms with E-state index < -0.39 is 10.8 Å². The normalized spacial score (nSPS) is 13.2. The molecule has 2 nitrogen and oxygen atoms in total. The Hall–Kier alpha value is -12.6. The van der Waals surface area contributed by atoms with Crippen LogP contribution in [-0.2, 0) is 16.2 Å². The molecule has 17 aromatic rings. The SMILES string of the molecule is CC(C)(C)c1ccc(N(c2ccc3ccccc3c2)c2ccc3c(-c4ccc5c(c4)C(c4ccccc4)(c4ccccc4)c4ccccc4-5)c4cc(N(c5ccccc5)c5ccc6ccccc6c5)ccc4c(-c4ccc5c(c4)C(c4ccccc4)(c4ccccc4)c4ccccc4-5)c3c2)cc1. The van der Waals surface area contributed by atoms with E-state index in [4.69, 9.17) is 0 Å². The summed E-state index contributed by atoms with van der Waals surface area (Å²) in [5.41, 5.74) is 26.0. The van der Waals surface area contributed by atoms with Crippen LogP contribution in [0.5, 0.6) is 0 Å². The molecule has 0 saturated carbocycles. The zero-order valence-electron chi connectivity index (χ0n) is 57.3. The van der Waals surface area contributed by atoms with Crippen molar-refractivity contribution < 1.29 is 0 Å². The summed E-state index contributed by atoms with van der Waals surface area (Å²) >= 11 is 0. The molecule has 0 amide bonds. The monoisotopic (exact) mass is 1300 g/mol. The van der Waals surface area contributed by atoms with Gasteiger partial charge in [-0.1, -0.05) is 318 Å². The van der Waals surface area contributed by atoms with Gasteiger partial charge >= 0.3 is 0 Å². The highest BCUT2D eigenvalue weighted by Crippen LogP contribution is 2.60. The van der Waals surface area contributed by atoms with E-state index >= 15 is 0 Å². The van der Waals surface area contributed by atoms with Gasteiger partial charge in [-0.15, -0.1) is 0 Å². The van der Waals surface area contributed by atoms with Crippen molar-refractivity contribution in [1.82, 2.24) is 0 Å². The average molecular weight is 1300 g/mol. The predicted octanol–water partition coefficient (Wildman–Crippen LogP) is 26.6. The summed E-state index contributed by atoms with van der Waals surface area (Å²) in [5, 5.41) is 9.38.